The smallest absolute Gasteiger partial charge is 0.259 e. The van der Waals surface area contributed by atoms with Gasteiger partial charge < -0.3 is 10.2 Å². The van der Waals surface area contributed by atoms with Gasteiger partial charge in [-0.1, -0.05) is 30.3 Å². The molecule has 1 N–H and O–H groups in total. The number of nitrogens with one attached hydrogen (secondary N) is 1. The van der Waals surface area contributed by atoms with E-state index in [0.29, 0.717) is 30.0 Å². The Bertz CT molecular complexity index is 981. The Kier molecular flexibility index (Phi) is 6.45. The Morgan fingerprint density at radius 2 is 1.64 bits per heavy atom. The summed E-state index contributed by atoms with van der Waals surface area (Å²) in [5, 5.41) is 7.29. The molecule has 0 fully saturated rings. The van der Waals surface area contributed by atoms with Gasteiger partial charge in [0.2, 0.25) is 0 Å². The fourth-order valence-electron chi connectivity index (χ4n) is 2.89. The van der Waals surface area contributed by atoms with Crippen LogP contribution in [-0.2, 0) is 0 Å². The molecule has 0 atom stereocenters. The molecule has 0 unspecified atom stereocenters. The van der Waals surface area contributed by atoms with Gasteiger partial charge in [0.05, 0.1) is 17.4 Å². The molecular formula is C21H21IN4O2. The van der Waals surface area contributed by atoms with Crippen LogP contribution in [0.15, 0.2) is 60.8 Å². The SMILES string of the molecule is CCN(CC)C(=O)c1cnn(-c2ccccc2)c1NC(=O)c1ccccc1I. The van der Waals surface area contributed by atoms with Gasteiger partial charge in [-0.2, -0.15) is 5.10 Å². The molecule has 0 saturated carbocycles. The summed E-state index contributed by atoms with van der Waals surface area (Å²) < 4.78 is 2.42. The molecule has 28 heavy (non-hydrogen) atoms. The van der Waals surface area contributed by atoms with Crippen molar-refractivity contribution in [2.75, 3.05) is 18.4 Å². The van der Waals surface area contributed by atoms with Crippen molar-refractivity contribution in [2.45, 2.75) is 13.8 Å². The monoisotopic (exact) mass is 488 g/mol. The zero-order valence-electron chi connectivity index (χ0n) is 15.7. The van der Waals surface area contributed by atoms with Crippen LogP contribution in [0.5, 0.6) is 0 Å². The van der Waals surface area contributed by atoms with Crippen LogP contribution in [0.25, 0.3) is 5.69 Å². The molecule has 0 aliphatic heterocycles. The Morgan fingerprint density at radius 3 is 2.29 bits per heavy atom. The summed E-state index contributed by atoms with van der Waals surface area (Å²) in [6.07, 6.45) is 1.51. The molecule has 0 saturated heterocycles. The molecule has 2 aromatic carbocycles. The molecule has 1 aromatic heterocycles. The van der Waals surface area contributed by atoms with E-state index in [-0.39, 0.29) is 11.8 Å². The predicted octanol–water partition coefficient (Wildman–Crippen LogP) is 4.21. The number of benzene rings is 2. The maximum atomic E-state index is 13.0. The summed E-state index contributed by atoms with van der Waals surface area (Å²) in [5.74, 6) is -0.0747. The average Bonchev–Trinajstić information content (AvgIpc) is 3.13. The van der Waals surface area contributed by atoms with E-state index >= 15 is 0 Å². The summed E-state index contributed by atoms with van der Waals surface area (Å²) in [6.45, 7) is 5.01. The highest BCUT2D eigenvalue weighted by atomic mass is 127. The highest BCUT2D eigenvalue weighted by Crippen LogP contribution is 2.23. The molecule has 3 aromatic rings. The first-order valence-electron chi connectivity index (χ1n) is 9.05. The largest absolute Gasteiger partial charge is 0.339 e. The van der Waals surface area contributed by atoms with Crippen LogP contribution in [-0.4, -0.2) is 39.6 Å². The van der Waals surface area contributed by atoms with E-state index < -0.39 is 0 Å². The molecule has 0 bridgehead atoms. The van der Waals surface area contributed by atoms with Crippen LogP contribution in [0.1, 0.15) is 34.6 Å². The summed E-state index contributed by atoms with van der Waals surface area (Å²) in [4.78, 5) is 27.6. The number of carbonyl (C=O) groups excluding carboxylic acids is 2. The number of rotatable bonds is 6. The third-order valence-electron chi connectivity index (χ3n) is 4.40. The van der Waals surface area contributed by atoms with Gasteiger partial charge >= 0.3 is 0 Å². The molecule has 0 spiro atoms. The second-order valence-corrected chi connectivity index (χ2v) is 7.23. The Morgan fingerprint density at radius 1 is 1.00 bits per heavy atom. The first kappa shape index (κ1) is 20.1. The van der Waals surface area contributed by atoms with Gasteiger partial charge in [0.15, 0.2) is 0 Å². The van der Waals surface area contributed by atoms with Crippen molar-refractivity contribution in [2.24, 2.45) is 0 Å². The van der Waals surface area contributed by atoms with Crippen molar-refractivity contribution in [3.8, 4) is 5.69 Å². The topological polar surface area (TPSA) is 67.2 Å². The fraction of sp³-hybridized carbons (Fsp3) is 0.190. The third kappa shape index (κ3) is 4.09. The lowest BCUT2D eigenvalue weighted by molar-refractivity contribution is 0.0774. The quantitative estimate of drug-likeness (QED) is 0.529. The average molecular weight is 488 g/mol. The summed E-state index contributed by atoms with van der Waals surface area (Å²) in [6, 6.07) is 16.7. The molecule has 0 aliphatic carbocycles. The number of anilines is 1. The van der Waals surface area contributed by atoms with Crippen LogP contribution in [0.3, 0.4) is 0 Å². The van der Waals surface area contributed by atoms with Gasteiger partial charge in [-0.25, -0.2) is 4.68 Å². The Hall–Kier alpha value is -2.68. The van der Waals surface area contributed by atoms with Crippen LogP contribution in [0.2, 0.25) is 0 Å². The van der Waals surface area contributed by atoms with Crippen molar-refractivity contribution < 1.29 is 9.59 Å². The second kappa shape index (κ2) is 9.01. The van der Waals surface area contributed by atoms with Crippen LogP contribution >= 0.6 is 22.6 Å². The van der Waals surface area contributed by atoms with E-state index in [2.05, 4.69) is 33.0 Å². The number of halogens is 1. The molecule has 0 radical (unpaired) electrons. The molecule has 6 nitrogen and oxygen atoms in total. The summed E-state index contributed by atoms with van der Waals surface area (Å²) >= 11 is 2.12. The molecule has 0 aliphatic rings. The fourth-order valence-corrected chi connectivity index (χ4v) is 3.52. The number of hydrogen-bond donors (Lipinski definition) is 1. The van der Waals surface area contributed by atoms with Gasteiger partial charge in [-0.15, -0.1) is 0 Å². The molecular weight excluding hydrogens is 467 g/mol. The maximum absolute atomic E-state index is 13.0. The summed E-state index contributed by atoms with van der Waals surface area (Å²) in [7, 11) is 0. The second-order valence-electron chi connectivity index (χ2n) is 6.07. The minimum atomic E-state index is -0.281. The zero-order valence-corrected chi connectivity index (χ0v) is 17.9. The van der Waals surface area contributed by atoms with E-state index in [1.807, 2.05) is 62.4 Å². The summed E-state index contributed by atoms with van der Waals surface area (Å²) in [5.41, 5.74) is 1.68. The van der Waals surface area contributed by atoms with Gasteiger partial charge in [0.25, 0.3) is 11.8 Å². The molecule has 7 heteroatoms. The van der Waals surface area contributed by atoms with Gasteiger partial charge in [0.1, 0.15) is 11.4 Å². The van der Waals surface area contributed by atoms with Crippen LogP contribution < -0.4 is 5.32 Å². The van der Waals surface area contributed by atoms with Crippen molar-refractivity contribution in [3.05, 3.63) is 75.5 Å². The zero-order chi connectivity index (χ0) is 20.1. The van der Waals surface area contributed by atoms with Gasteiger partial charge in [-0.3, -0.25) is 9.59 Å². The number of aromatic nitrogens is 2. The lowest BCUT2D eigenvalue weighted by Gasteiger charge is -2.19. The van der Waals surface area contributed by atoms with E-state index in [0.717, 1.165) is 9.26 Å². The highest BCUT2D eigenvalue weighted by molar-refractivity contribution is 14.1. The van der Waals surface area contributed by atoms with E-state index in [9.17, 15) is 9.59 Å². The van der Waals surface area contributed by atoms with Crippen molar-refractivity contribution in [1.82, 2.24) is 14.7 Å². The maximum Gasteiger partial charge on any atom is 0.259 e. The van der Waals surface area contributed by atoms with Gasteiger partial charge in [-0.05, 0) is 60.7 Å². The predicted molar refractivity (Wildman–Crippen MR) is 118 cm³/mol. The minimum absolute atomic E-state index is 0.162. The lowest BCUT2D eigenvalue weighted by atomic mass is 10.2. The van der Waals surface area contributed by atoms with Gasteiger partial charge in [0, 0.05) is 16.7 Å². The first-order valence-corrected chi connectivity index (χ1v) is 10.1. The standard InChI is InChI=1S/C21H21IN4O2/c1-3-25(4-2)21(28)17-14-23-26(15-10-6-5-7-11-15)19(17)24-20(27)16-12-8-9-13-18(16)22/h5-14H,3-4H2,1-2H3,(H,24,27). The lowest BCUT2D eigenvalue weighted by Crippen LogP contribution is -2.31. The highest BCUT2D eigenvalue weighted by Gasteiger charge is 2.24. The number of nitrogens with zero attached hydrogens (tertiary/aromatic N) is 3. The Balaban J connectivity index is 2.05. The minimum Gasteiger partial charge on any atom is -0.339 e. The van der Waals surface area contributed by atoms with Crippen molar-refractivity contribution >= 4 is 40.2 Å². The van der Waals surface area contributed by atoms with Crippen molar-refractivity contribution in [1.29, 1.82) is 0 Å². The van der Waals surface area contributed by atoms with E-state index in [4.69, 9.17) is 0 Å². The molecule has 2 amide bonds. The van der Waals surface area contributed by atoms with E-state index in [1.54, 1.807) is 15.6 Å². The first-order chi connectivity index (χ1) is 13.6. The molecule has 144 valence electrons. The number of amides is 2. The van der Waals surface area contributed by atoms with Crippen LogP contribution in [0.4, 0.5) is 5.82 Å². The molecule has 3 rings (SSSR count). The molecule has 1 heterocycles. The normalized spacial score (nSPS) is 10.5. The number of hydrogen-bond acceptors (Lipinski definition) is 3. The van der Waals surface area contributed by atoms with E-state index in [1.165, 1.54) is 6.20 Å². The Labute approximate surface area is 177 Å². The third-order valence-corrected chi connectivity index (χ3v) is 5.34. The number of carbonyl (C=O) groups is 2. The number of para-hydroxylation sites is 1. The van der Waals surface area contributed by atoms with Crippen molar-refractivity contribution in [3.63, 3.8) is 0 Å². The van der Waals surface area contributed by atoms with Crippen LogP contribution in [0, 0.1) is 3.57 Å².